The fourth-order valence-electron chi connectivity index (χ4n) is 3.06. The van der Waals surface area contributed by atoms with Crippen LogP contribution in [0.3, 0.4) is 0 Å². The topological polar surface area (TPSA) is 96.8 Å². The van der Waals surface area contributed by atoms with Crippen molar-refractivity contribution >= 4 is 28.9 Å². The summed E-state index contributed by atoms with van der Waals surface area (Å²) >= 11 is 0. The second kappa shape index (κ2) is 8.84. The van der Waals surface area contributed by atoms with E-state index < -0.39 is 6.03 Å². The molecule has 2 amide bonds. The monoisotopic (exact) mass is 431 g/mol. The van der Waals surface area contributed by atoms with E-state index in [1.165, 1.54) is 24.3 Å². The first kappa shape index (κ1) is 21.0. The van der Waals surface area contributed by atoms with E-state index in [0.29, 0.717) is 23.0 Å². The van der Waals surface area contributed by atoms with Crippen LogP contribution in [0.15, 0.2) is 60.7 Å². The number of nitrogens with one attached hydrogen (secondary N) is 3. The van der Waals surface area contributed by atoms with Gasteiger partial charge in [-0.15, -0.1) is 10.2 Å². The number of rotatable bonds is 5. The Balaban J connectivity index is 1.36. The molecule has 9 heteroatoms. The van der Waals surface area contributed by atoms with Crippen LogP contribution in [0, 0.1) is 26.6 Å². The van der Waals surface area contributed by atoms with Gasteiger partial charge in [0.2, 0.25) is 0 Å². The zero-order valence-electron chi connectivity index (χ0n) is 17.8. The Hall–Kier alpha value is -4.27. The van der Waals surface area contributed by atoms with Crippen molar-refractivity contribution in [1.29, 1.82) is 0 Å². The number of urea groups is 1. The van der Waals surface area contributed by atoms with Gasteiger partial charge >= 0.3 is 6.03 Å². The average molecular weight is 431 g/mol. The Morgan fingerprint density at radius 3 is 1.94 bits per heavy atom. The van der Waals surface area contributed by atoms with E-state index >= 15 is 0 Å². The van der Waals surface area contributed by atoms with E-state index in [2.05, 4.69) is 31.2 Å². The highest BCUT2D eigenvalue weighted by atomic mass is 19.1. The molecule has 2 heterocycles. The van der Waals surface area contributed by atoms with Crippen molar-refractivity contribution in [3.8, 4) is 5.82 Å². The number of carbonyl (C=O) groups is 1. The highest BCUT2D eigenvalue weighted by molar-refractivity contribution is 5.99. The Morgan fingerprint density at radius 2 is 1.41 bits per heavy atom. The molecule has 0 spiro atoms. The first-order valence-corrected chi connectivity index (χ1v) is 9.96. The molecule has 4 aromatic rings. The van der Waals surface area contributed by atoms with Crippen molar-refractivity contribution in [1.82, 2.24) is 20.0 Å². The van der Waals surface area contributed by atoms with Crippen molar-refractivity contribution in [3.05, 3.63) is 83.4 Å². The fourth-order valence-corrected chi connectivity index (χ4v) is 3.06. The molecule has 0 bridgehead atoms. The molecule has 0 unspecified atom stereocenters. The van der Waals surface area contributed by atoms with Crippen molar-refractivity contribution in [3.63, 3.8) is 0 Å². The van der Waals surface area contributed by atoms with Gasteiger partial charge in [0.15, 0.2) is 11.6 Å². The number of hydrogen-bond acceptors (Lipinski definition) is 5. The fraction of sp³-hybridized carbons (Fsp3) is 0.130. The van der Waals surface area contributed by atoms with Crippen molar-refractivity contribution < 1.29 is 9.18 Å². The number of benzene rings is 2. The van der Waals surface area contributed by atoms with Crippen LogP contribution in [0.5, 0.6) is 0 Å². The van der Waals surface area contributed by atoms with Crippen LogP contribution in [0.25, 0.3) is 5.82 Å². The molecule has 0 radical (unpaired) electrons. The van der Waals surface area contributed by atoms with Crippen molar-refractivity contribution in [2.24, 2.45) is 0 Å². The first-order valence-electron chi connectivity index (χ1n) is 9.96. The van der Waals surface area contributed by atoms with Gasteiger partial charge in [0.1, 0.15) is 5.82 Å². The maximum absolute atomic E-state index is 12.9. The molecule has 0 aliphatic heterocycles. The minimum Gasteiger partial charge on any atom is -0.339 e. The predicted octanol–water partition coefficient (Wildman–Crippen LogP) is 5.11. The van der Waals surface area contributed by atoms with Gasteiger partial charge in [-0.05, 0) is 87.0 Å². The molecule has 0 saturated carbocycles. The predicted molar refractivity (Wildman–Crippen MR) is 122 cm³/mol. The lowest BCUT2D eigenvalue weighted by atomic mass is 10.2. The van der Waals surface area contributed by atoms with Crippen LogP contribution in [0.4, 0.5) is 32.1 Å². The maximum Gasteiger partial charge on any atom is 0.323 e. The molecule has 2 aromatic carbocycles. The summed E-state index contributed by atoms with van der Waals surface area (Å²) in [6.07, 6.45) is 0. The van der Waals surface area contributed by atoms with Crippen LogP contribution in [-0.4, -0.2) is 26.0 Å². The van der Waals surface area contributed by atoms with E-state index in [0.717, 1.165) is 22.6 Å². The van der Waals surface area contributed by atoms with Gasteiger partial charge in [-0.2, -0.15) is 5.10 Å². The van der Waals surface area contributed by atoms with E-state index in [9.17, 15) is 9.18 Å². The number of carbonyl (C=O) groups excluding carboxylic acids is 1. The molecular formula is C23H22FN7O. The lowest BCUT2D eigenvalue weighted by Crippen LogP contribution is -2.19. The maximum atomic E-state index is 12.9. The summed E-state index contributed by atoms with van der Waals surface area (Å²) in [4.78, 5) is 12.1. The number of amides is 2. The lowest BCUT2D eigenvalue weighted by molar-refractivity contribution is 0.262. The minimum absolute atomic E-state index is 0.361. The van der Waals surface area contributed by atoms with Crippen molar-refractivity contribution in [2.45, 2.75) is 20.8 Å². The molecule has 3 N–H and O–H groups in total. The number of anilines is 4. The number of aromatic nitrogens is 4. The minimum atomic E-state index is -0.418. The number of halogens is 1. The molecular weight excluding hydrogens is 409 g/mol. The standard InChI is InChI=1S/C23H22FN7O/c1-14-15(2)30-31(16(14)3)22-13-12-21(28-29-22)25-18-8-10-20(11-9-18)27-23(32)26-19-6-4-17(24)5-7-19/h4-13H,1-3H3,(H,25,28)(H2,26,27,32). The normalized spacial score (nSPS) is 10.6. The van der Waals surface area contributed by atoms with E-state index in [1.807, 2.05) is 45.0 Å². The van der Waals surface area contributed by atoms with Gasteiger partial charge < -0.3 is 16.0 Å². The molecule has 0 aliphatic carbocycles. The van der Waals surface area contributed by atoms with Gasteiger partial charge in [-0.25, -0.2) is 13.9 Å². The van der Waals surface area contributed by atoms with E-state index in [1.54, 1.807) is 16.8 Å². The van der Waals surface area contributed by atoms with Gasteiger partial charge in [0.05, 0.1) is 5.69 Å². The third-order valence-electron chi connectivity index (χ3n) is 5.04. The summed E-state index contributed by atoms with van der Waals surface area (Å²) < 4.78 is 14.7. The highest BCUT2D eigenvalue weighted by Crippen LogP contribution is 2.19. The molecule has 0 fully saturated rings. The van der Waals surface area contributed by atoms with Gasteiger partial charge in [0, 0.05) is 22.8 Å². The highest BCUT2D eigenvalue weighted by Gasteiger charge is 2.10. The average Bonchev–Trinajstić information content (AvgIpc) is 3.04. The summed E-state index contributed by atoms with van der Waals surface area (Å²) in [5, 5.41) is 21.5. The smallest absolute Gasteiger partial charge is 0.323 e. The van der Waals surface area contributed by atoms with E-state index in [4.69, 9.17) is 0 Å². The summed E-state index contributed by atoms with van der Waals surface area (Å²) in [5.74, 6) is 0.873. The third-order valence-corrected chi connectivity index (χ3v) is 5.04. The molecule has 162 valence electrons. The van der Waals surface area contributed by atoms with Crippen LogP contribution in [-0.2, 0) is 0 Å². The summed E-state index contributed by atoms with van der Waals surface area (Å²) in [5.41, 5.74) is 5.03. The van der Waals surface area contributed by atoms with Crippen LogP contribution in [0.2, 0.25) is 0 Å². The first-order chi connectivity index (χ1) is 15.4. The molecule has 2 aromatic heterocycles. The Bertz CT molecular complexity index is 1230. The number of hydrogen-bond donors (Lipinski definition) is 3. The van der Waals surface area contributed by atoms with Gasteiger partial charge in [-0.1, -0.05) is 0 Å². The van der Waals surface area contributed by atoms with E-state index in [-0.39, 0.29) is 5.82 Å². The SMILES string of the molecule is Cc1nn(-c2ccc(Nc3ccc(NC(=O)Nc4ccc(F)cc4)cc3)nn2)c(C)c1C. The zero-order chi connectivity index (χ0) is 22.7. The lowest BCUT2D eigenvalue weighted by Gasteiger charge is -2.10. The van der Waals surface area contributed by atoms with Crippen LogP contribution in [0.1, 0.15) is 17.0 Å². The summed E-state index contributed by atoms with van der Waals surface area (Å²) in [6.45, 7) is 5.99. The molecule has 32 heavy (non-hydrogen) atoms. The largest absolute Gasteiger partial charge is 0.339 e. The Morgan fingerprint density at radius 1 is 0.812 bits per heavy atom. The third kappa shape index (κ3) is 4.72. The number of nitrogens with zero attached hydrogens (tertiary/aromatic N) is 4. The molecule has 8 nitrogen and oxygen atoms in total. The van der Waals surface area contributed by atoms with Gasteiger partial charge in [-0.3, -0.25) is 0 Å². The Labute approximate surface area is 184 Å². The zero-order valence-corrected chi connectivity index (χ0v) is 17.8. The molecule has 0 aliphatic rings. The summed E-state index contributed by atoms with van der Waals surface area (Å²) in [6, 6.07) is 15.9. The Kier molecular flexibility index (Phi) is 5.80. The molecule has 0 saturated heterocycles. The second-order valence-corrected chi connectivity index (χ2v) is 7.27. The second-order valence-electron chi connectivity index (χ2n) is 7.27. The number of aryl methyl sites for hydroxylation is 1. The summed E-state index contributed by atoms with van der Waals surface area (Å²) in [7, 11) is 0. The van der Waals surface area contributed by atoms with Gasteiger partial charge in [0.25, 0.3) is 0 Å². The molecule has 4 rings (SSSR count). The quantitative estimate of drug-likeness (QED) is 0.408. The van der Waals surface area contributed by atoms with Crippen molar-refractivity contribution in [2.75, 3.05) is 16.0 Å². The van der Waals surface area contributed by atoms with Crippen LogP contribution >= 0.6 is 0 Å². The van der Waals surface area contributed by atoms with Crippen LogP contribution < -0.4 is 16.0 Å². The molecule has 0 atom stereocenters.